The zero-order valence-corrected chi connectivity index (χ0v) is 16.4. The molecule has 1 aliphatic rings. The van der Waals surface area contributed by atoms with Gasteiger partial charge < -0.3 is 15.0 Å². The minimum absolute atomic E-state index is 0.0487. The average molecular weight is 391 g/mol. The highest BCUT2D eigenvalue weighted by Gasteiger charge is 2.28. The number of carbonyl (C=O) groups is 1. The van der Waals surface area contributed by atoms with Gasteiger partial charge in [0, 0.05) is 30.9 Å². The van der Waals surface area contributed by atoms with Crippen molar-refractivity contribution in [1.29, 1.82) is 0 Å². The van der Waals surface area contributed by atoms with Gasteiger partial charge in [0.25, 0.3) is 0 Å². The van der Waals surface area contributed by atoms with E-state index in [1.165, 1.54) is 0 Å². The van der Waals surface area contributed by atoms with Crippen LogP contribution >= 0.6 is 11.6 Å². The third kappa shape index (κ3) is 5.26. The van der Waals surface area contributed by atoms with Gasteiger partial charge in [-0.25, -0.2) is 14.8 Å². The summed E-state index contributed by atoms with van der Waals surface area (Å²) >= 11 is 6.10. The van der Waals surface area contributed by atoms with Crippen molar-refractivity contribution in [3.63, 3.8) is 0 Å². The minimum atomic E-state index is -0.507. The van der Waals surface area contributed by atoms with Crippen LogP contribution in [0.15, 0.2) is 24.5 Å². The lowest BCUT2D eigenvalue weighted by molar-refractivity contribution is 0.0206. The summed E-state index contributed by atoms with van der Waals surface area (Å²) in [7, 11) is 0. The monoisotopic (exact) mass is 390 g/mol. The molecule has 0 spiro atoms. The molecule has 3 heterocycles. The van der Waals surface area contributed by atoms with Crippen molar-refractivity contribution in [1.82, 2.24) is 25.1 Å². The lowest BCUT2D eigenvalue weighted by Crippen LogP contribution is -2.47. The summed E-state index contributed by atoms with van der Waals surface area (Å²) in [5, 5.41) is 11.2. The van der Waals surface area contributed by atoms with Gasteiger partial charge in [-0.3, -0.25) is 0 Å². The molecule has 1 N–H and O–H groups in total. The highest BCUT2D eigenvalue weighted by atomic mass is 35.5. The second kappa shape index (κ2) is 8.04. The van der Waals surface area contributed by atoms with E-state index in [4.69, 9.17) is 16.3 Å². The molecule has 3 rings (SSSR count). The number of nitrogens with one attached hydrogen (secondary N) is 1. The molecule has 27 heavy (non-hydrogen) atoms. The number of carbonyl (C=O) groups excluding carboxylic acids is 1. The molecule has 1 atom stereocenters. The Morgan fingerprint density at radius 3 is 2.89 bits per heavy atom. The normalized spacial score (nSPS) is 17.5. The van der Waals surface area contributed by atoms with E-state index in [0.717, 1.165) is 12.8 Å². The Kier molecular flexibility index (Phi) is 5.74. The predicted octanol–water partition coefficient (Wildman–Crippen LogP) is 3.40. The summed E-state index contributed by atoms with van der Waals surface area (Å²) in [6, 6.07) is 3.57. The predicted molar refractivity (Wildman–Crippen MR) is 103 cm³/mol. The number of hydrogen-bond donors (Lipinski definition) is 1. The highest BCUT2D eigenvalue weighted by Crippen LogP contribution is 2.24. The second-order valence-corrected chi connectivity index (χ2v) is 7.77. The molecular weight excluding hydrogens is 368 g/mol. The fraction of sp³-hybridized carbons (Fsp3) is 0.500. The molecule has 1 saturated heterocycles. The van der Waals surface area contributed by atoms with E-state index in [2.05, 4.69) is 25.5 Å². The first-order valence-corrected chi connectivity index (χ1v) is 9.25. The van der Waals surface area contributed by atoms with E-state index < -0.39 is 5.60 Å². The van der Waals surface area contributed by atoms with Gasteiger partial charge in [-0.15, -0.1) is 5.10 Å². The Morgan fingerprint density at radius 1 is 1.33 bits per heavy atom. The molecule has 0 aliphatic carbocycles. The molecule has 0 radical (unpaired) electrons. The molecule has 0 saturated carbocycles. The standard InChI is InChI=1S/C18H23ClN6O2/c1-18(2,3)27-17(26)25-10-4-5-12(11-25)22-16-20-8-7-14(23-16)13-6-9-21-24-15(13)19/h6-9,12H,4-5,10-11H2,1-3H3,(H,20,22,23)/t12-/m0/s1. The van der Waals surface area contributed by atoms with Crippen LogP contribution in [0.4, 0.5) is 10.7 Å². The van der Waals surface area contributed by atoms with Crippen molar-refractivity contribution in [3.8, 4) is 11.3 Å². The molecule has 0 bridgehead atoms. The van der Waals surface area contributed by atoms with Gasteiger partial charge in [-0.2, -0.15) is 5.10 Å². The summed E-state index contributed by atoms with van der Waals surface area (Å²) in [5.74, 6) is 0.483. The number of aromatic nitrogens is 4. The van der Waals surface area contributed by atoms with Crippen molar-refractivity contribution in [2.45, 2.75) is 45.3 Å². The van der Waals surface area contributed by atoms with E-state index in [1.807, 2.05) is 20.8 Å². The molecule has 2 aromatic rings. The molecule has 9 heteroatoms. The quantitative estimate of drug-likeness (QED) is 0.858. The van der Waals surface area contributed by atoms with Gasteiger partial charge in [0.2, 0.25) is 5.95 Å². The average Bonchev–Trinajstić information content (AvgIpc) is 2.61. The van der Waals surface area contributed by atoms with Crippen molar-refractivity contribution in [2.24, 2.45) is 0 Å². The Labute approximate surface area is 163 Å². The van der Waals surface area contributed by atoms with Gasteiger partial charge in [0.1, 0.15) is 5.60 Å². The van der Waals surface area contributed by atoms with E-state index in [9.17, 15) is 4.79 Å². The van der Waals surface area contributed by atoms with Crippen LogP contribution in [-0.4, -0.2) is 55.9 Å². The maximum absolute atomic E-state index is 12.3. The van der Waals surface area contributed by atoms with Crippen LogP contribution in [0.2, 0.25) is 5.15 Å². The Morgan fingerprint density at radius 2 is 2.15 bits per heavy atom. The van der Waals surface area contributed by atoms with E-state index in [1.54, 1.807) is 29.4 Å². The maximum Gasteiger partial charge on any atom is 0.410 e. The Bertz CT molecular complexity index is 810. The fourth-order valence-electron chi connectivity index (χ4n) is 2.85. The molecular formula is C18H23ClN6O2. The van der Waals surface area contributed by atoms with Crippen LogP contribution in [0.25, 0.3) is 11.3 Å². The Hall–Kier alpha value is -2.48. The number of ether oxygens (including phenoxy) is 1. The van der Waals surface area contributed by atoms with Crippen molar-refractivity contribution < 1.29 is 9.53 Å². The first kappa shape index (κ1) is 19.3. The SMILES string of the molecule is CC(C)(C)OC(=O)N1CCC[C@H](Nc2nccc(-c3ccnnc3Cl)n2)C1. The van der Waals surface area contributed by atoms with Gasteiger partial charge in [-0.05, 0) is 45.7 Å². The summed E-state index contributed by atoms with van der Waals surface area (Å²) < 4.78 is 5.47. The van der Waals surface area contributed by atoms with Gasteiger partial charge in [0.05, 0.1) is 11.9 Å². The third-order valence-corrected chi connectivity index (χ3v) is 4.29. The summed E-state index contributed by atoms with van der Waals surface area (Å²) in [6.45, 7) is 6.82. The van der Waals surface area contributed by atoms with E-state index in [-0.39, 0.29) is 17.3 Å². The summed E-state index contributed by atoms with van der Waals surface area (Å²) in [6.07, 6.45) is 4.74. The first-order valence-electron chi connectivity index (χ1n) is 8.87. The molecule has 8 nitrogen and oxygen atoms in total. The number of likely N-dealkylation sites (tertiary alicyclic amines) is 1. The van der Waals surface area contributed by atoms with Crippen molar-refractivity contribution >= 4 is 23.6 Å². The zero-order chi connectivity index (χ0) is 19.4. The lowest BCUT2D eigenvalue weighted by atomic mass is 10.1. The molecule has 1 aliphatic heterocycles. The van der Waals surface area contributed by atoms with Crippen LogP contribution in [-0.2, 0) is 4.74 Å². The zero-order valence-electron chi connectivity index (χ0n) is 15.6. The molecule has 1 fully saturated rings. The van der Waals surface area contributed by atoms with Crippen molar-refractivity contribution in [3.05, 3.63) is 29.7 Å². The Balaban J connectivity index is 1.68. The van der Waals surface area contributed by atoms with Crippen LogP contribution < -0.4 is 5.32 Å². The van der Waals surface area contributed by atoms with Crippen molar-refractivity contribution in [2.75, 3.05) is 18.4 Å². The van der Waals surface area contributed by atoms with E-state index in [0.29, 0.717) is 30.3 Å². The first-order chi connectivity index (χ1) is 12.8. The van der Waals surface area contributed by atoms with Crippen LogP contribution in [0.3, 0.4) is 0 Å². The topological polar surface area (TPSA) is 93.1 Å². The summed E-state index contributed by atoms with van der Waals surface area (Å²) in [5.41, 5.74) is 0.843. The molecule has 1 amide bonds. The minimum Gasteiger partial charge on any atom is -0.444 e. The number of nitrogens with zero attached hydrogens (tertiary/aromatic N) is 5. The second-order valence-electron chi connectivity index (χ2n) is 7.41. The number of hydrogen-bond acceptors (Lipinski definition) is 7. The van der Waals surface area contributed by atoms with Crippen LogP contribution in [0.1, 0.15) is 33.6 Å². The molecule has 144 valence electrons. The number of amides is 1. The number of piperidine rings is 1. The molecule has 2 aromatic heterocycles. The van der Waals surface area contributed by atoms with Crippen LogP contribution in [0.5, 0.6) is 0 Å². The summed E-state index contributed by atoms with van der Waals surface area (Å²) in [4.78, 5) is 22.8. The van der Waals surface area contributed by atoms with Gasteiger partial charge in [-0.1, -0.05) is 11.6 Å². The number of anilines is 1. The van der Waals surface area contributed by atoms with Crippen LogP contribution in [0, 0.1) is 0 Å². The van der Waals surface area contributed by atoms with Gasteiger partial charge >= 0.3 is 6.09 Å². The third-order valence-electron chi connectivity index (χ3n) is 4.01. The number of rotatable bonds is 3. The maximum atomic E-state index is 12.3. The van der Waals surface area contributed by atoms with E-state index >= 15 is 0 Å². The molecule has 0 unspecified atom stereocenters. The molecule has 0 aromatic carbocycles. The van der Waals surface area contributed by atoms with Gasteiger partial charge in [0.15, 0.2) is 5.15 Å². The largest absolute Gasteiger partial charge is 0.444 e. The number of halogens is 1. The smallest absolute Gasteiger partial charge is 0.410 e. The fourth-order valence-corrected chi connectivity index (χ4v) is 3.06. The lowest BCUT2D eigenvalue weighted by Gasteiger charge is -2.34. The highest BCUT2D eigenvalue weighted by molar-refractivity contribution is 6.31.